The Labute approximate surface area is 154 Å². The molecule has 0 atom stereocenters. The van der Waals surface area contributed by atoms with Gasteiger partial charge in [-0.2, -0.15) is 5.26 Å². The number of carbonyl (C=O) groups is 1. The molecule has 1 amide bonds. The molecule has 0 saturated carbocycles. The summed E-state index contributed by atoms with van der Waals surface area (Å²) in [5.41, 5.74) is 4.22. The van der Waals surface area contributed by atoms with Gasteiger partial charge in [0.2, 0.25) is 0 Å². The maximum atomic E-state index is 12.6. The van der Waals surface area contributed by atoms with Gasteiger partial charge in [0.05, 0.1) is 5.69 Å². The summed E-state index contributed by atoms with van der Waals surface area (Å²) in [6.07, 6.45) is 3.26. The lowest BCUT2D eigenvalue weighted by Crippen LogP contribution is -2.15. The van der Waals surface area contributed by atoms with E-state index in [1.54, 1.807) is 10.6 Å². The second kappa shape index (κ2) is 6.71. The average Bonchev–Trinajstić information content (AvgIpc) is 3.09. The van der Waals surface area contributed by atoms with Crippen LogP contribution < -0.4 is 5.32 Å². The highest BCUT2D eigenvalue weighted by Gasteiger charge is 2.16. The highest BCUT2D eigenvalue weighted by atomic mass is 35.5. The third kappa shape index (κ3) is 3.29. The summed E-state index contributed by atoms with van der Waals surface area (Å²) in [4.78, 5) is 17.5. The van der Waals surface area contributed by atoms with Gasteiger partial charge in [0.15, 0.2) is 10.1 Å². The molecule has 1 aromatic carbocycles. The fraction of sp³-hybridized carbons (Fsp3) is 0.167. The fourth-order valence-corrected chi connectivity index (χ4v) is 3.75. The molecule has 7 heteroatoms. The van der Waals surface area contributed by atoms with Crippen molar-refractivity contribution in [3.63, 3.8) is 0 Å². The summed E-state index contributed by atoms with van der Waals surface area (Å²) in [5, 5.41) is 14.4. The van der Waals surface area contributed by atoms with Crippen LogP contribution in [-0.4, -0.2) is 15.3 Å². The van der Waals surface area contributed by atoms with Crippen LogP contribution in [0, 0.1) is 32.1 Å². The molecule has 0 bridgehead atoms. The van der Waals surface area contributed by atoms with Gasteiger partial charge in [0.1, 0.15) is 11.6 Å². The van der Waals surface area contributed by atoms with Crippen molar-refractivity contribution in [2.24, 2.45) is 0 Å². The highest BCUT2D eigenvalue weighted by Crippen LogP contribution is 2.25. The molecule has 2 heterocycles. The van der Waals surface area contributed by atoms with Gasteiger partial charge in [-0.05, 0) is 38.0 Å². The SMILES string of the molecule is Cc1cc(C)c(NC(=O)/C(C#N)=C/c2c(Cl)nc3sccn23)c(C)c1. The van der Waals surface area contributed by atoms with E-state index in [9.17, 15) is 10.1 Å². The van der Waals surface area contributed by atoms with E-state index in [4.69, 9.17) is 11.6 Å². The third-order valence-corrected chi connectivity index (χ3v) is 4.85. The van der Waals surface area contributed by atoms with Crippen molar-refractivity contribution in [2.75, 3.05) is 5.32 Å². The lowest BCUT2D eigenvalue weighted by atomic mass is 10.0. The van der Waals surface area contributed by atoms with Gasteiger partial charge in [-0.15, -0.1) is 11.3 Å². The van der Waals surface area contributed by atoms with Crippen LogP contribution in [0.4, 0.5) is 5.69 Å². The molecule has 3 rings (SSSR count). The molecule has 5 nitrogen and oxygen atoms in total. The Morgan fingerprint density at radius 2 is 2.04 bits per heavy atom. The molecule has 1 N–H and O–H groups in total. The second-order valence-corrected chi connectivity index (χ2v) is 6.97. The summed E-state index contributed by atoms with van der Waals surface area (Å²) in [6.45, 7) is 5.85. The number of hydrogen-bond acceptors (Lipinski definition) is 4. The van der Waals surface area contributed by atoms with E-state index in [1.165, 1.54) is 17.4 Å². The Morgan fingerprint density at radius 3 is 2.68 bits per heavy atom. The number of amides is 1. The fourth-order valence-electron chi connectivity index (χ4n) is 2.75. The Bertz CT molecular complexity index is 1030. The summed E-state index contributed by atoms with van der Waals surface area (Å²) in [6, 6.07) is 5.92. The predicted octanol–water partition coefficient (Wildman–Crippen LogP) is 4.52. The first kappa shape index (κ1) is 17.2. The largest absolute Gasteiger partial charge is 0.321 e. The maximum absolute atomic E-state index is 12.6. The Balaban J connectivity index is 1.96. The number of thiazole rings is 1. The van der Waals surface area contributed by atoms with E-state index < -0.39 is 5.91 Å². The number of halogens is 1. The van der Waals surface area contributed by atoms with Crippen LogP contribution in [0.25, 0.3) is 11.0 Å². The lowest BCUT2D eigenvalue weighted by Gasteiger charge is -2.12. The molecule has 0 fully saturated rings. The van der Waals surface area contributed by atoms with Crippen molar-refractivity contribution in [2.45, 2.75) is 20.8 Å². The van der Waals surface area contributed by atoms with E-state index in [2.05, 4.69) is 10.3 Å². The Hall–Kier alpha value is -2.62. The summed E-state index contributed by atoms with van der Waals surface area (Å²) in [5.74, 6) is -0.473. The van der Waals surface area contributed by atoms with Gasteiger partial charge in [-0.25, -0.2) is 4.98 Å². The Morgan fingerprint density at radius 1 is 1.36 bits per heavy atom. The molecule has 0 aliphatic rings. The monoisotopic (exact) mass is 370 g/mol. The molecule has 126 valence electrons. The minimum atomic E-state index is -0.473. The van der Waals surface area contributed by atoms with Gasteiger partial charge >= 0.3 is 0 Å². The number of nitriles is 1. The molecule has 3 aromatic rings. The highest BCUT2D eigenvalue weighted by molar-refractivity contribution is 7.15. The molecule has 0 spiro atoms. The number of aromatic nitrogens is 2. The lowest BCUT2D eigenvalue weighted by molar-refractivity contribution is -0.112. The predicted molar refractivity (Wildman–Crippen MR) is 101 cm³/mol. The smallest absolute Gasteiger partial charge is 0.266 e. The maximum Gasteiger partial charge on any atom is 0.266 e. The number of nitrogens with one attached hydrogen (secondary N) is 1. The second-order valence-electron chi connectivity index (χ2n) is 5.74. The molecule has 0 aliphatic heterocycles. The van der Waals surface area contributed by atoms with Gasteiger partial charge in [-0.3, -0.25) is 9.20 Å². The number of benzene rings is 1. The van der Waals surface area contributed by atoms with Crippen molar-refractivity contribution in [1.82, 2.24) is 9.38 Å². The Kier molecular flexibility index (Phi) is 4.62. The molecule has 0 saturated heterocycles. The first-order valence-corrected chi connectivity index (χ1v) is 8.78. The van der Waals surface area contributed by atoms with E-state index in [-0.39, 0.29) is 10.7 Å². The van der Waals surface area contributed by atoms with Crippen molar-refractivity contribution < 1.29 is 4.79 Å². The van der Waals surface area contributed by atoms with Crippen LogP contribution in [-0.2, 0) is 4.79 Å². The van der Waals surface area contributed by atoms with Crippen LogP contribution in [0.3, 0.4) is 0 Å². The van der Waals surface area contributed by atoms with Crippen LogP contribution in [0.2, 0.25) is 5.15 Å². The van der Waals surface area contributed by atoms with Crippen LogP contribution >= 0.6 is 22.9 Å². The zero-order valence-corrected chi connectivity index (χ0v) is 15.5. The van der Waals surface area contributed by atoms with Crippen molar-refractivity contribution >= 4 is 45.6 Å². The van der Waals surface area contributed by atoms with E-state index in [0.717, 1.165) is 22.4 Å². The van der Waals surface area contributed by atoms with Gasteiger partial charge in [0, 0.05) is 17.3 Å². The number of fused-ring (bicyclic) bond motifs is 1. The van der Waals surface area contributed by atoms with Crippen molar-refractivity contribution in [3.05, 3.63) is 56.8 Å². The van der Waals surface area contributed by atoms with Crippen molar-refractivity contribution in [3.8, 4) is 6.07 Å². The number of imidazole rings is 1. The minimum Gasteiger partial charge on any atom is -0.321 e. The number of aryl methyl sites for hydroxylation is 3. The molecule has 0 unspecified atom stereocenters. The van der Waals surface area contributed by atoms with E-state index in [1.807, 2.05) is 44.4 Å². The van der Waals surface area contributed by atoms with E-state index >= 15 is 0 Å². The standard InChI is InChI=1S/C18H15ClN4OS/c1-10-6-11(2)15(12(3)7-10)21-17(24)13(9-20)8-14-16(19)22-18-23(14)4-5-25-18/h4-8H,1-3H3,(H,21,24)/b13-8+. The normalized spacial score (nSPS) is 11.6. The zero-order valence-electron chi connectivity index (χ0n) is 13.9. The minimum absolute atomic E-state index is 0.0331. The van der Waals surface area contributed by atoms with Crippen LogP contribution in [0.15, 0.2) is 29.3 Å². The molecular formula is C18H15ClN4OS. The van der Waals surface area contributed by atoms with Crippen LogP contribution in [0.5, 0.6) is 0 Å². The summed E-state index contributed by atoms with van der Waals surface area (Å²) < 4.78 is 1.75. The van der Waals surface area contributed by atoms with Crippen molar-refractivity contribution in [1.29, 1.82) is 5.26 Å². The first-order valence-electron chi connectivity index (χ1n) is 7.52. The van der Waals surface area contributed by atoms with Gasteiger partial charge in [-0.1, -0.05) is 29.3 Å². The third-order valence-electron chi connectivity index (χ3n) is 3.82. The quantitative estimate of drug-likeness (QED) is 0.544. The number of rotatable bonds is 3. The number of carbonyl (C=O) groups excluding carboxylic acids is 1. The summed E-state index contributed by atoms with van der Waals surface area (Å²) >= 11 is 7.56. The number of anilines is 1. The molecule has 2 aromatic heterocycles. The summed E-state index contributed by atoms with van der Waals surface area (Å²) in [7, 11) is 0. The average molecular weight is 371 g/mol. The topological polar surface area (TPSA) is 70.2 Å². The zero-order chi connectivity index (χ0) is 18.1. The van der Waals surface area contributed by atoms with Gasteiger partial charge in [0.25, 0.3) is 5.91 Å². The number of hydrogen-bond donors (Lipinski definition) is 1. The molecule has 0 aliphatic carbocycles. The molecular weight excluding hydrogens is 356 g/mol. The van der Waals surface area contributed by atoms with Gasteiger partial charge < -0.3 is 5.32 Å². The molecule has 25 heavy (non-hydrogen) atoms. The van der Waals surface area contributed by atoms with E-state index in [0.29, 0.717) is 10.7 Å². The van der Waals surface area contributed by atoms with Crippen LogP contribution in [0.1, 0.15) is 22.4 Å². The number of nitrogens with zero attached hydrogens (tertiary/aromatic N) is 3. The molecule has 0 radical (unpaired) electrons. The first-order chi connectivity index (χ1) is 11.9.